The maximum atomic E-state index is 6.05. The molecule has 2 N–H and O–H groups in total. The molecule has 19 heavy (non-hydrogen) atoms. The number of hydrogen-bond donors (Lipinski definition) is 1. The lowest BCUT2D eigenvalue weighted by molar-refractivity contribution is 0.0333. The van der Waals surface area contributed by atoms with Crippen molar-refractivity contribution < 1.29 is 9.47 Å². The standard InChI is InChI=1S/C16H27NO2/c1-12(2)8-7-11-19-16(13(3)17)14-9-5-6-10-15(14)18-4/h5-6,9-10,12-13,16H,7-8,11,17H2,1-4H3. The van der Waals surface area contributed by atoms with E-state index in [1.54, 1.807) is 7.11 Å². The highest BCUT2D eigenvalue weighted by molar-refractivity contribution is 5.35. The minimum atomic E-state index is -0.108. The van der Waals surface area contributed by atoms with Gasteiger partial charge in [-0.3, -0.25) is 0 Å². The number of methoxy groups -OCH3 is 1. The molecule has 0 aliphatic rings. The molecule has 2 atom stereocenters. The quantitative estimate of drug-likeness (QED) is 0.731. The van der Waals surface area contributed by atoms with Crippen LogP contribution in [0.4, 0.5) is 0 Å². The fourth-order valence-electron chi connectivity index (χ4n) is 2.13. The Bertz CT molecular complexity index is 364. The topological polar surface area (TPSA) is 44.5 Å². The number of hydrogen-bond acceptors (Lipinski definition) is 3. The summed E-state index contributed by atoms with van der Waals surface area (Å²) < 4.78 is 11.4. The molecular weight excluding hydrogens is 238 g/mol. The summed E-state index contributed by atoms with van der Waals surface area (Å²) in [7, 11) is 1.68. The molecular formula is C16H27NO2. The lowest BCUT2D eigenvalue weighted by Gasteiger charge is -2.24. The van der Waals surface area contributed by atoms with Gasteiger partial charge < -0.3 is 15.2 Å². The maximum Gasteiger partial charge on any atom is 0.124 e. The van der Waals surface area contributed by atoms with Crippen LogP contribution in [0.5, 0.6) is 5.75 Å². The van der Waals surface area contributed by atoms with E-state index in [1.807, 2.05) is 31.2 Å². The smallest absolute Gasteiger partial charge is 0.124 e. The molecule has 0 amide bonds. The zero-order valence-corrected chi connectivity index (χ0v) is 12.6. The molecule has 0 heterocycles. The third kappa shape index (κ3) is 5.21. The molecule has 1 aromatic rings. The van der Waals surface area contributed by atoms with E-state index >= 15 is 0 Å². The summed E-state index contributed by atoms with van der Waals surface area (Å²) in [4.78, 5) is 0. The Labute approximate surface area is 117 Å². The molecule has 0 saturated carbocycles. The molecule has 1 rings (SSSR count). The summed E-state index contributed by atoms with van der Waals surface area (Å²) >= 11 is 0. The van der Waals surface area contributed by atoms with E-state index in [1.165, 1.54) is 6.42 Å². The zero-order chi connectivity index (χ0) is 14.3. The van der Waals surface area contributed by atoms with E-state index in [4.69, 9.17) is 15.2 Å². The summed E-state index contributed by atoms with van der Waals surface area (Å²) in [5.41, 5.74) is 7.09. The summed E-state index contributed by atoms with van der Waals surface area (Å²) in [6, 6.07) is 7.86. The van der Waals surface area contributed by atoms with Crippen LogP contribution in [0.1, 0.15) is 45.3 Å². The monoisotopic (exact) mass is 265 g/mol. The molecule has 0 radical (unpaired) electrons. The van der Waals surface area contributed by atoms with Gasteiger partial charge in [0.15, 0.2) is 0 Å². The first-order valence-corrected chi connectivity index (χ1v) is 7.06. The van der Waals surface area contributed by atoms with Crippen LogP contribution < -0.4 is 10.5 Å². The lowest BCUT2D eigenvalue weighted by Crippen LogP contribution is -2.27. The molecule has 0 aliphatic carbocycles. The molecule has 3 nitrogen and oxygen atoms in total. The van der Waals surface area contributed by atoms with Crippen molar-refractivity contribution in [3.05, 3.63) is 29.8 Å². The van der Waals surface area contributed by atoms with Gasteiger partial charge in [-0.1, -0.05) is 32.0 Å². The second kappa shape index (κ2) is 8.18. The fourth-order valence-corrected chi connectivity index (χ4v) is 2.13. The number of nitrogens with two attached hydrogens (primary N) is 1. The maximum absolute atomic E-state index is 6.05. The summed E-state index contributed by atoms with van der Waals surface area (Å²) in [5, 5.41) is 0. The number of para-hydroxylation sites is 1. The van der Waals surface area contributed by atoms with Crippen molar-refractivity contribution in [2.75, 3.05) is 13.7 Å². The first-order valence-electron chi connectivity index (χ1n) is 7.06. The highest BCUT2D eigenvalue weighted by atomic mass is 16.5. The highest BCUT2D eigenvalue weighted by Gasteiger charge is 2.20. The second-order valence-corrected chi connectivity index (χ2v) is 5.43. The Morgan fingerprint density at radius 1 is 1.16 bits per heavy atom. The van der Waals surface area contributed by atoms with Crippen molar-refractivity contribution in [2.24, 2.45) is 11.7 Å². The van der Waals surface area contributed by atoms with Crippen LogP contribution in [-0.4, -0.2) is 19.8 Å². The molecule has 1 aromatic carbocycles. The normalized spacial score (nSPS) is 14.4. The molecule has 108 valence electrons. The van der Waals surface area contributed by atoms with E-state index in [0.29, 0.717) is 5.92 Å². The number of benzene rings is 1. The van der Waals surface area contributed by atoms with Crippen LogP contribution in [0.3, 0.4) is 0 Å². The van der Waals surface area contributed by atoms with Crippen LogP contribution in [0, 0.1) is 5.92 Å². The Morgan fingerprint density at radius 2 is 1.84 bits per heavy atom. The SMILES string of the molecule is COc1ccccc1C(OCCCC(C)C)C(C)N. The third-order valence-electron chi connectivity index (χ3n) is 3.15. The minimum Gasteiger partial charge on any atom is -0.496 e. The van der Waals surface area contributed by atoms with Gasteiger partial charge >= 0.3 is 0 Å². The van der Waals surface area contributed by atoms with Crippen molar-refractivity contribution in [3.63, 3.8) is 0 Å². The van der Waals surface area contributed by atoms with Crippen molar-refractivity contribution >= 4 is 0 Å². The van der Waals surface area contributed by atoms with Crippen molar-refractivity contribution in [1.29, 1.82) is 0 Å². The van der Waals surface area contributed by atoms with Gasteiger partial charge in [-0.05, 0) is 31.7 Å². The van der Waals surface area contributed by atoms with Gasteiger partial charge in [0.05, 0.1) is 7.11 Å². The van der Waals surface area contributed by atoms with Gasteiger partial charge in [0.25, 0.3) is 0 Å². The average molecular weight is 265 g/mol. The van der Waals surface area contributed by atoms with E-state index < -0.39 is 0 Å². The lowest BCUT2D eigenvalue weighted by atomic mass is 10.0. The van der Waals surface area contributed by atoms with E-state index in [9.17, 15) is 0 Å². The van der Waals surface area contributed by atoms with Gasteiger partial charge in [0.2, 0.25) is 0 Å². The first-order chi connectivity index (χ1) is 9.06. The third-order valence-corrected chi connectivity index (χ3v) is 3.15. The van der Waals surface area contributed by atoms with Crippen LogP contribution >= 0.6 is 0 Å². The van der Waals surface area contributed by atoms with E-state index in [-0.39, 0.29) is 12.1 Å². The Balaban J connectivity index is 2.66. The van der Waals surface area contributed by atoms with Gasteiger partial charge in [-0.2, -0.15) is 0 Å². The van der Waals surface area contributed by atoms with Gasteiger partial charge in [0.1, 0.15) is 11.9 Å². The van der Waals surface area contributed by atoms with Crippen molar-refractivity contribution in [1.82, 2.24) is 0 Å². The molecule has 2 unspecified atom stereocenters. The van der Waals surface area contributed by atoms with Gasteiger partial charge in [0, 0.05) is 18.2 Å². The molecule has 3 heteroatoms. The van der Waals surface area contributed by atoms with E-state index in [2.05, 4.69) is 13.8 Å². The summed E-state index contributed by atoms with van der Waals surface area (Å²) in [6.45, 7) is 7.16. The number of rotatable bonds is 8. The number of ether oxygens (including phenoxy) is 2. The molecule has 0 saturated heterocycles. The van der Waals surface area contributed by atoms with Crippen molar-refractivity contribution in [3.8, 4) is 5.75 Å². The van der Waals surface area contributed by atoms with Gasteiger partial charge in [-0.15, -0.1) is 0 Å². The predicted octanol–water partition coefficient (Wildman–Crippen LogP) is 3.54. The van der Waals surface area contributed by atoms with Crippen LogP contribution in [0.25, 0.3) is 0 Å². The Hall–Kier alpha value is -1.06. The summed E-state index contributed by atoms with van der Waals surface area (Å²) in [6.07, 6.45) is 2.14. The molecule has 0 spiro atoms. The van der Waals surface area contributed by atoms with Crippen LogP contribution in [0.2, 0.25) is 0 Å². The molecule has 0 aromatic heterocycles. The van der Waals surface area contributed by atoms with Crippen LogP contribution in [0.15, 0.2) is 24.3 Å². The highest BCUT2D eigenvalue weighted by Crippen LogP contribution is 2.29. The largest absolute Gasteiger partial charge is 0.496 e. The van der Waals surface area contributed by atoms with Gasteiger partial charge in [-0.25, -0.2) is 0 Å². The predicted molar refractivity (Wildman–Crippen MR) is 79.4 cm³/mol. The zero-order valence-electron chi connectivity index (χ0n) is 12.6. The van der Waals surface area contributed by atoms with Crippen molar-refractivity contribution in [2.45, 2.75) is 45.8 Å². The molecule has 0 bridgehead atoms. The summed E-state index contributed by atoms with van der Waals surface area (Å²) in [5.74, 6) is 1.55. The average Bonchev–Trinajstić information content (AvgIpc) is 2.38. The first kappa shape index (κ1) is 16.0. The fraction of sp³-hybridized carbons (Fsp3) is 0.625. The Morgan fingerprint density at radius 3 is 2.42 bits per heavy atom. The molecule has 0 aliphatic heterocycles. The second-order valence-electron chi connectivity index (χ2n) is 5.43. The minimum absolute atomic E-state index is 0.0599. The molecule has 0 fully saturated rings. The Kier molecular flexibility index (Phi) is 6.89. The van der Waals surface area contributed by atoms with Crippen LogP contribution in [-0.2, 0) is 4.74 Å². The van der Waals surface area contributed by atoms with E-state index in [0.717, 1.165) is 24.3 Å².